The normalized spacial score (nSPS) is 33.6. The van der Waals surface area contributed by atoms with E-state index in [4.69, 9.17) is 4.74 Å². The van der Waals surface area contributed by atoms with Gasteiger partial charge in [0.2, 0.25) is 17.7 Å². The van der Waals surface area contributed by atoms with Gasteiger partial charge in [-0.1, -0.05) is 18.2 Å². The number of methoxy groups -OCH3 is 1. The summed E-state index contributed by atoms with van der Waals surface area (Å²) in [7, 11) is 1.49. The lowest BCUT2D eigenvalue weighted by Gasteiger charge is -2.30. The molecule has 3 amide bonds. The van der Waals surface area contributed by atoms with Gasteiger partial charge in [-0.05, 0) is 13.0 Å². The van der Waals surface area contributed by atoms with Crippen molar-refractivity contribution >= 4 is 23.4 Å². The first-order valence-electron chi connectivity index (χ1n) is 8.64. The highest BCUT2D eigenvalue weighted by Gasteiger charge is 2.70. The summed E-state index contributed by atoms with van der Waals surface area (Å²) in [5, 5.41) is 16.2. The minimum Gasteiger partial charge on any atom is -0.392 e. The molecule has 4 rings (SSSR count). The standard InChI is InChI=1S/C18H21N3O5/c1-9(22)14-12-13(16(24)21(15(12)23)7-8-26-2)18(20-14)10-5-3-4-6-11(10)19-17(18)25/h3-6,9,12-14,20,22H,7-8H2,1-2H3,(H,19,25)/t9-,12-,13-,14+,18-/m0/s1. The van der Waals surface area contributed by atoms with Crippen LogP contribution in [-0.4, -0.2) is 60.1 Å². The molecule has 5 atom stereocenters. The fourth-order valence-electron chi connectivity index (χ4n) is 4.57. The van der Waals surface area contributed by atoms with Crippen molar-refractivity contribution in [1.82, 2.24) is 10.2 Å². The third-order valence-corrected chi connectivity index (χ3v) is 5.69. The van der Waals surface area contributed by atoms with E-state index < -0.39 is 35.4 Å². The Kier molecular flexibility index (Phi) is 3.87. The first-order valence-corrected chi connectivity index (χ1v) is 8.64. The van der Waals surface area contributed by atoms with Crippen LogP contribution in [0.3, 0.4) is 0 Å². The molecule has 0 aliphatic carbocycles. The number of imide groups is 1. The monoisotopic (exact) mass is 359 g/mol. The molecule has 26 heavy (non-hydrogen) atoms. The number of anilines is 1. The summed E-state index contributed by atoms with van der Waals surface area (Å²) in [6.45, 7) is 1.91. The molecule has 0 saturated carbocycles. The smallest absolute Gasteiger partial charge is 0.250 e. The summed E-state index contributed by atoms with van der Waals surface area (Å²) >= 11 is 0. The Balaban J connectivity index is 1.85. The minimum atomic E-state index is -1.35. The maximum atomic E-state index is 13.1. The van der Waals surface area contributed by atoms with Crippen LogP contribution in [0.15, 0.2) is 24.3 Å². The second-order valence-electron chi connectivity index (χ2n) is 7.04. The van der Waals surface area contributed by atoms with Crippen LogP contribution in [0.25, 0.3) is 0 Å². The Morgan fingerprint density at radius 3 is 2.69 bits per heavy atom. The topological polar surface area (TPSA) is 108 Å². The first kappa shape index (κ1) is 17.1. The number of amides is 3. The van der Waals surface area contributed by atoms with Gasteiger partial charge >= 0.3 is 0 Å². The van der Waals surface area contributed by atoms with Crippen molar-refractivity contribution in [2.75, 3.05) is 25.6 Å². The van der Waals surface area contributed by atoms with Crippen molar-refractivity contribution in [3.05, 3.63) is 29.8 Å². The zero-order valence-corrected chi connectivity index (χ0v) is 14.6. The molecular formula is C18H21N3O5. The Bertz CT molecular complexity index is 795. The van der Waals surface area contributed by atoms with Crippen LogP contribution in [-0.2, 0) is 24.7 Å². The lowest BCUT2D eigenvalue weighted by molar-refractivity contribution is -0.143. The highest BCUT2D eigenvalue weighted by molar-refractivity contribution is 6.15. The molecule has 1 spiro atoms. The molecule has 3 aliphatic heterocycles. The van der Waals surface area contributed by atoms with Gasteiger partial charge in [0.25, 0.3) is 0 Å². The van der Waals surface area contributed by atoms with E-state index in [2.05, 4.69) is 10.6 Å². The van der Waals surface area contributed by atoms with Gasteiger partial charge < -0.3 is 15.2 Å². The van der Waals surface area contributed by atoms with E-state index in [0.29, 0.717) is 11.3 Å². The zero-order chi connectivity index (χ0) is 18.6. The third kappa shape index (κ3) is 2.03. The number of carbonyl (C=O) groups is 3. The zero-order valence-electron chi connectivity index (χ0n) is 14.6. The number of carbonyl (C=O) groups excluding carboxylic acids is 3. The van der Waals surface area contributed by atoms with Gasteiger partial charge in [0.05, 0.1) is 31.1 Å². The summed E-state index contributed by atoms with van der Waals surface area (Å²) in [4.78, 5) is 40.2. The molecule has 1 aromatic rings. The predicted molar refractivity (Wildman–Crippen MR) is 90.9 cm³/mol. The molecule has 138 valence electrons. The molecule has 8 heteroatoms. The van der Waals surface area contributed by atoms with Crippen molar-refractivity contribution in [2.45, 2.75) is 24.6 Å². The van der Waals surface area contributed by atoms with Crippen LogP contribution in [0, 0.1) is 11.8 Å². The predicted octanol–water partition coefficient (Wildman–Crippen LogP) is -0.566. The van der Waals surface area contributed by atoms with Gasteiger partial charge in [0.15, 0.2) is 0 Å². The number of fused-ring (bicyclic) bond motifs is 4. The lowest BCUT2D eigenvalue weighted by Crippen LogP contribution is -2.55. The summed E-state index contributed by atoms with van der Waals surface area (Å²) in [5.74, 6) is -2.83. The number of hydrogen-bond acceptors (Lipinski definition) is 6. The second kappa shape index (κ2) is 5.87. The lowest BCUT2D eigenvalue weighted by atomic mass is 9.76. The van der Waals surface area contributed by atoms with Crippen LogP contribution in [0.5, 0.6) is 0 Å². The second-order valence-corrected chi connectivity index (χ2v) is 7.04. The molecule has 8 nitrogen and oxygen atoms in total. The van der Waals surface area contributed by atoms with Crippen LogP contribution in [0.1, 0.15) is 12.5 Å². The Labute approximate surface area is 150 Å². The number of nitrogens with zero attached hydrogens (tertiary/aromatic N) is 1. The minimum absolute atomic E-state index is 0.132. The van der Waals surface area contributed by atoms with Gasteiger partial charge in [-0.2, -0.15) is 0 Å². The Morgan fingerprint density at radius 2 is 2.00 bits per heavy atom. The largest absolute Gasteiger partial charge is 0.392 e. The van der Waals surface area contributed by atoms with Gasteiger partial charge in [-0.15, -0.1) is 0 Å². The molecule has 0 unspecified atom stereocenters. The summed E-state index contributed by atoms with van der Waals surface area (Å²) in [5.41, 5.74) is -0.0965. The Hall–Kier alpha value is -2.29. The highest BCUT2D eigenvalue weighted by atomic mass is 16.5. The van der Waals surface area contributed by atoms with Crippen LogP contribution in [0.2, 0.25) is 0 Å². The molecule has 0 radical (unpaired) electrons. The SMILES string of the molecule is COCCN1C(=O)[C@@H]2[C@@H]([C@H](C)O)N[C@]3(C(=O)Nc4ccccc43)[C@@H]2C1=O. The fourth-order valence-corrected chi connectivity index (χ4v) is 4.57. The molecule has 2 saturated heterocycles. The van der Waals surface area contributed by atoms with Gasteiger partial charge in [-0.3, -0.25) is 24.6 Å². The van der Waals surface area contributed by atoms with Crippen molar-refractivity contribution in [2.24, 2.45) is 11.8 Å². The van der Waals surface area contributed by atoms with E-state index >= 15 is 0 Å². The summed E-state index contributed by atoms with van der Waals surface area (Å²) in [6, 6.07) is 6.43. The van der Waals surface area contributed by atoms with Crippen LogP contribution < -0.4 is 10.6 Å². The van der Waals surface area contributed by atoms with Gasteiger partial charge in [0, 0.05) is 24.4 Å². The van der Waals surface area contributed by atoms with E-state index in [1.165, 1.54) is 7.11 Å². The highest BCUT2D eigenvalue weighted by Crippen LogP contribution is 2.53. The van der Waals surface area contributed by atoms with Crippen molar-refractivity contribution in [1.29, 1.82) is 0 Å². The molecule has 3 aliphatic rings. The Morgan fingerprint density at radius 1 is 1.27 bits per heavy atom. The molecule has 0 aromatic heterocycles. The van der Waals surface area contributed by atoms with Gasteiger partial charge in [0.1, 0.15) is 5.54 Å². The maximum Gasteiger partial charge on any atom is 0.250 e. The van der Waals surface area contributed by atoms with Crippen LogP contribution >= 0.6 is 0 Å². The summed E-state index contributed by atoms with van der Waals surface area (Å²) in [6.07, 6.45) is -0.901. The average Bonchev–Trinajstić information content (AvgIpc) is 3.20. The molecule has 0 bridgehead atoms. The van der Waals surface area contributed by atoms with E-state index in [0.717, 1.165) is 4.90 Å². The van der Waals surface area contributed by atoms with E-state index in [1.54, 1.807) is 31.2 Å². The number of hydrogen-bond donors (Lipinski definition) is 3. The van der Waals surface area contributed by atoms with E-state index in [1.807, 2.05) is 0 Å². The average molecular weight is 359 g/mol. The molecule has 2 fully saturated rings. The molecule has 3 N–H and O–H groups in total. The number of para-hydroxylation sites is 1. The number of rotatable bonds is 4. The number of aliphatic hydroxyl groups is 1. The number of benzene rings is 1. The molecular weight excluding hydrogens is 338 g/mol. The van der Waals surface area contributed by atoms with E-state index in [-0.39, 0.29) is 25.0 Å². The van der Waals surface area contributed by atoms with E-state index in [9.17, 15) is 19.5 Å². The van der Waals surface area contributed by atoms with Crippen LogP contribution in [0.4, 0.5) is 5.69 Å². The van der Waals surface area contributed by atoms with Crippen molar-refractivity contribution in [3.8, 4) is 0 Å². The number of ether oxygens (including phenoxy) is 1. The maximum absolute atomic E-state index is 13.1. The fraction of sp³-hybridized carbons (Fsp3) is 0.500. The summed E-state index contributed by atoms with van der Waals surface area (Å²) < 4.78 is 5.00. The van der Waals surface area contributed by atoms with Crippen molar-refractivity contribution < 1.29 is 24.2 Å². The number of aliphatic hydroxyl groups excluding tert-OH is 1. The third-order valence-electron chi connectivity index (χ3n) is 5.69. The quantitative estimate of drug-likeness (QED) is 0.622. The first-order chi connectivity index (χ1) is 12.4. The van der Waals surface area contributed by atoms with Gasteiger partial charge in [-0.25, -0.2) is 0 Å². The number of likely N-dealkylation sites (tertiary alicyclic amines) is 1. The number of nitrogens with one attached hydrogen (secondary N) is 2. The molecule has 3 heterocycles. The molecule has 1 aromatic carbocycles. The van der Waals surface area contributed by atoms with Crippen molar-refractivity contribution in [3.63, 3.8) is 0 Å².